The van der Waals surface area contributed by atoms with Gasteiger partial charge in [-0.05, 0) is 50.3 Å². The highest BCUT2D eigenvalue weighted by molar-refractivity contribution is 7.09. The van der Waals surface area contributed by atoms with Gasteiger partial charge in [0.1, 0.15) is 5.54 Å². The monoisotopic (exact) mass is 384 g/mol. The van der Waals surface area contributed by atoms with Crippen LogP contribution < -0.4 is 10.6 Å². The number of aryl methyl sites for hydroxylation is 1. The molecule has 142 valence electrons. The minimum Gasteiger partial charge on any atom is -0.323 e. The second-order valence-electron chi connectivity index (χ2n) is 7.27. The second kappa shape index (κ2) is 7.78. The average Bonchev–Trinajstić information content (AvgIpc) is 3.31. The topological polar surface area (TPSA) is 74.3 Å². The van der Waals surface area contributed by atoms with Gasteiger partial charge in [-0.1, -0.05) is 30.3 Å². The predicted octanol–water partition coefficient (Wildman–Crippen LogP) is 2.57. The molecule has 3 heterocycles. The maximum atomic E-state index is 13.5. The smallest absolute Gasteiger partial charge is 0.323 e. The maximum absolute atomic E-state index is 13.5. The van der Waals surface area contributed by atoms with Gasteiger partial charge in [-0.25, -0.2) is 4.79 Å². The number of amides is 3. The zero-order valence-corrected chi connectivity index (χ0v) is 16.0. The van der Waals surface area contributed by atoms with Crippen molar-refractivity contribution in [2.24, 2.45) is 5.92 Å². The van der Waals surface area contributed by atoms with Crippen molar-refractivity contribution in [1.82, 2.24) is 20.5 Å². The fourth-order valence-corrected chi connectivity index (χ4v) is 4.80. The lowest BCUT2D eigenvalue weighted by Gasteiger charge is -2.38. The molecule has 3 amide bonds. The first kappa shape index (κ1) is 18.1. The van der Waals surface area contributed by atoms with Crippen LogP contribution in [-0.2, 0) is 17.8 Å². The molecule has 2 aromatic rings. The van der Waals surface area contributed by atoms with Gasteiger partial charge in [-0.15, -0.1) is 11.3 Å². The van der Waals surface area contributed by atoms with E-state index >= 15 is 0 Å². The Morgan fingerprint density at radius 1 is 1.19 bits per heavy atom. The van der Waals surface area contributed by atoms with Crippen LogP contribution >= 0.6 is 11.3 Å². The number of carbonyl (C=O) groups excluding carboxylic acids is 2. The highest BCUT2D eigenvalue weighted by Crippen LogP contribution is 2.36. The Balaban J connectivity index is 1.59. The van der Waals surface area contributed by atoms with Gasteiger partial charge in [0.05, 0.1) is 12.1 Å². The van der Waals surface area contributed by atoms with Crippen LogP contribution in [0.5, 0.6) is 0 Å². The molecule has 1 aromatic heterocycles. The number of carbonyl (C=O) groups is 2. The van der Waals surface area contributed by atoms with Gasteiger partial charge >= 0.3 is 6.03 Å². The molecule has 27 heavy (non-hydrogen) atoms. The lowest BCUT2D eigenvalue weighted by atomic mass is 9.74. The molecule has 1 atom stereocenters. The van der Waals surface area contributed by atoms with Crippen molar-refractivity contribution in [3.63, 3.8) is 0 Å². The standard InChI is InChI=1S/C20H24N4O2S/c25-18-20(16-7-10-21-11-8-16,9-6-15-4-2-1-3-5-15)23-19(26)24(18)13-17-12-22-14-27-17/h1-5,12,14,16,21H,6-11,13H2,(H,23,26)/t20-/m1/s1. The van der Waals surface area contributed by atoms with Gasteiger partial charge in [-0.3, -0.25) is 14.7 Å². The first-order valence-corrected chi connectivity index (χ1v) is 10.3. The zero-order chi connectivity index (χ0) is 18.7. The van der Waals surface area contributed by atoms with Crippen LogP contribution in [0.15, 0.2) is 42.0 Å². The third-order valence-corrected chi connectivity index (χ3v) is 6.45. The largest absolute Gasteiger partial charge is 0.325 e. The van der Waals surface area contributed by atoms with E-state index in [2.05, 4.69) is 27.8 Å². The van der Waals surface area contributed by atoms with Gasteiger partial charge in [0.2, 0.25) is 0 Å². The molecule has 0 spiro atoms. The van der Waals surface area contributed by atoms with E-state index in [4.69, 9.17) is 0 Å². The molecule has 2 aliphatic heterocycles. The molecule has 0 unspecified atom stereocenters. The molecular weight excluding hydrogens is 360 g/mol. The van der Waals surface area contributed by atoms with Crippen molar-refractivity contribution < 1.29 is 9.59 Å². The molecule has 0 radical (unpaired) electrons. The number of urea groups is 1. The third-order valence-electron chi connectivity index (χ3n) is 5.69. The molecule has 0 aliphatic carbocycles. The molecule has 2 N–H and O–H groups in total. The van der Waals surface area contributed by atoms with E-state index in [1.807, 2.05) is 18.2 Å². The number of nitrogens with zero attached hydrogens (tertiary/aromatic N) is 2. The number of aromatic nitrogens is 1. The van der Waals surface area contributed by atoms with E-state index in [0.29, 0.717) is 13.0 Å². The van der Waals surface area contributed by atoms with Crippen LogP contribution in [0, 0.1) is 5.92 Å². The minimum absolute atomic E-state index is 0.0799. The fourth-order valence-electron chi connectivity index (χ4n) is 4.22. The van der Waals surface area contributed by atoms with Crippen LogP contribution in [0.3, 0.4) is 0 Å². The second-order valence-corrected chi connectivity index (χ2v) is 8.24. The van der Waals surface area contributed by atoms with Crippen LogP contribution in [0.1, 0.15) is 29.7 Å². The van der Waals surface area contributed by atoms with Crippen molar-refractivity contribution in [1.29, 1.82) is 0 Å². The summed E-state index contributed by atoms with van der Waals surface area (Å²) in [6, 6.07) is 9.89. The summed E-state index contributed by atoms with van der Waals surface area (Å²) >= 11 is 1.46. The molecule has 7 heteroatoms. The number of rotatable bonds is 6. The highest BCUT2D eigenvalue weighted by atomic mass is 32.1. The SMILES string of the molecule is O=C1N[C@](CCc2ccccc2)(C2CCNCC2)C(=O)N1Cc1cncs1. The third kappa shape index (κ3) is 3.61. The van der Waals surface area contributed by atoms with Crippen molar-refractivity contribution in [2.75, 3.05) is 13.1 Å². The highest BCUT2D eigenvalue weighted by Gasteiger charge is 2.55. The predicted molar refractivity (Wildman–Crippen MR) is 104 cm³/mol. The Labute approximate surface area is 163 Å². The molecule has 4 rings (SSSR count). The Morgan fingerprint density at radius 3 is 2.67 bits per heavy atom. The summed E-state index contributed by atoms with van der Waals surface area (Å²) in [5, 5.41) is 6.47. The summed E-state index contributed by atoms with van der Waals surface area (Å²) in [6.45, 7) is 2.07. The van der Waals surface area contributed by atoms with E-state index in [9.17, 15) is 9.59 Å². The molecular formula is C20H24N4O2S. The normalized spacial score (nSPS) is 23.6. The van der Waals surface area contributed by atoms with Gasteiger partial charge in [-0.2, -0.15) is 0 Å². The van der Waals surface area contributed by atoms with Crippen LogP contribution in [0.25, 0.3) is 0 Å². The van der Waals surface area contributed by atoms with Gasteiger partial charge in [0.15, 0.2) is 0 Å². The number of nitrogens with one attached hydrogen (secondary N) is 2. The molecule has 1 aromatic carbocycles. The van der Waals surface area contributed by atoms with Crippen LogP contribution in [-0.4, -0.2) is 40.5 Å². The quantitative estimate of drug-likeness (QED) is 0.751. The maximum Gasteiger partial charge on any atom is 0.325 e. The molecule has 2 aliphatic rings. The van der Waals surface area contributed by atoms with Crippen LogP contribution in [0.2, 0.25) is 0 Å². The fraction of sp³-hybridized carbons (Fsp3) is 0.450. The summed E-state index contributed by atoms with van der Waals surface area (Å²) < 4.78 is 0. The lowest BCUT2D eigenvalue weighted by molar-refractivity contribution is -0.134. The Hall–Kier alpha value is -2.25. The minimum atomic E-state index is -0.806. The van der Waals surface area contributed by atoms with Gasteiger partial charge in [0.25, 0.3) is 5.91 Å². The van der Waals surface area contributed by atoms with E-state index in [1.165, 1.54) is 21.8 Å². The van der Waals surface area contributed by atoms with Crippen molar-refractivity contribution >= 4 is 23.3 Å². The average molecular weight is 385 g/mol. The Bertz CT molecular complexity index is 790. The number of piperidine rings is 1. The lowest BCUT2D eigenvalue weighted by Crippen LogP contribution is -2.56. The number of benzene rings is 1. The summed E-state index contributed by atoms with van der Waals surface area (Å²) in [7, 11) is 0. The summed E-state index contributed by atoms with van der Waals surface area (Å²) in [5.74, 6) is 0.0779. The van der Waals surface area contributed by atoms with Crippen molar-refractivity contribution in [3.8, 4) is 0 Å². The number of imide groups is 1. The van der Waals surface area contributed by atoms with Crippen molar-refractivity contribution in [2.45, 2.75) is 37.8 Å². The molecule has 2 saturated heterocycles. The van der Waals surface area contributed by atoms with Gasteiger partial charge in [0, 0.05) is 11.1 Å². The molecule has 6 nitrogen and oxygen atoms in total. The number of thiazole rings is 1. The van der Waals surface area contributed by atoms with E-state index in [1.54, 1.807) is 11.7 Å². The zero-order valence-electron chi connectivity index (χ0n) is 15.2. The Kier molecular flexibility index (Phi) is 5.22. The number of hydrogen-bond donors (Lipinski definition) is 2. The van der Waals surface area contributed by atoms with Gasteiger partial charge < -0.3 is 10.6 Å². The van der Waals surface area contributed by atoms with E-state index < -0.39 is 5.54 Å². The summed E-state index contributed by atoms with van der Waals surface area (Å²) in [4.78, 5) is 32.6. The van der Waals surface area contributed by atoms with E-state index in [0.717, 1.165) is 37.2 Å². The van der Waals surface area contributed by atoms with Crippen molar-refractivity contribution in [3.05, 3.63) is 52.5 Å². The molecule has 0 saturated carbocycles. The summed E-state index contributed by atoms with van der Waals surface area (Å²) in [6.07, 6.45) is 4.92. The first-order chi connectivity index (χ1) is 13.2. The Morgan fingerprint density at radius 2 is 1.96 bits per heavy atom. The first-order valence-electron chi connectivity index (χ1n) is 9.45. The van der Waals surface area contributed by atoms with E-state index in [-0.39, 0.29) is 17.9 Å². The molecule has 0 bridgehead atoms. The summed E-state index contributed by atoms with van der Waals surface area (Å²) in [5.41, 5.74) is 2.11. The molecule has 2 fully saturated rings. The van der Waals surface area contributed by atoms with Crippen LogP contribution in [0.4, 0.5) is 4.79 Å². The number of hydrogen-bond acceptors (Lipinski definition) is 5.